The number of nitrogens with one attached hydrogen (secondary N) is 2. The van der Waals surface area contributed by atoms with E-state index >= 15 is 0 Å². The predicted octanol–water partition coefficient (Wildman–Crippen LogP) is 3.07. The third kappa shape index (κ3) is 2.80. The van der Waals surface area contributed by atoms with Crippen molar-refractivity contribution in [1.29, 1.82) is 0 Å². The number of amides is 1. The number of rotatable bonds is 4. The van der Waals surface area contributed by atoms with Crippen LogP contribution in [0.2, 0.25) is 0 Å². The van der Waals surface area contributed by atoms with E-state index in [4.69, 9.17) is 0 Å². The Morgan fingerprint density at radius 1 is 1.33 bits per heavy atom. The van der Waals surface area contributed by atoms with Gasteiger partial charge in [0.25, 0.3) is 0 Å². The maximum absolute atomic E-state index is 12.2. The molecule has 0 saturated heterocycles. The van der Waals surface area contributed by atoms with Crippen molar-refractivity contribution in [3.05, 3.63) is 40.5 Å². The smallest absolute Gasteiger partial charge is 0.230 e. The van der Waals surface area contributed by atoms with Crippen LogP contribution < -0.4 is 5.32 Å². The topological polar surface area (TPSA) is 70.7 Å². The summed E-state index contributed by atoms with van der Waals surface area (Å²) in [5.74, 6) is -0.0679. The number of benzene rings is 1. The molecule has 3 rings (SSSR count). The van der Waals surface area contributed by atoms with Gasteiger partial charge in [-0.05, 0) is 25.0 Å². The normalized spacial score (nSPS) is 11.0. The highest BCUT2D eigenvalue weighted by Crippen LogP contribution is 2.23. The van der Waals surface area contributed by atoms with Crippen LogP contribution >= 0.6 is 11.3 Å². The molecule has 2 aromatic heterocycles. The van der Waals surface area contributed by atoms with Crippen LogP contribution in [-0.4, -0.2) is 21.1 Å². The lowest BCUT2D eigenvalue weighted by molar-refractivity contribution is -0.115. The molecular formula is C15H16N4OS. The third-order valence-electron chi connectivity index (χ3n) is 3.38. The number of hydrogen-bond acceptors (Lipinski definition) is 4. The van der Waals surface area contributed by atoms with Gasteiger partial charge in [-0.15, -0.1) is 10.2 Å². The lowest BCUT2D eigenvalue weighted by Gasteiger charge is -2.02. The van der Waals surface area contributed by atoms with Crippen molar-refractivity contribution in [3.63, 3.8) is 0 Å². The van der Waals surface area contributed by atoms with E-state index in [-0.39, 0.29) is 5.91 Å². The SMILES string of the molecule is CCc1nnc(NC(=O)Cc2c(C)[nH]c3ccccc23)s1. The number of aryl methyl sites for hydroxylation is 2. The van der Waals surface area contributed by atoms with E-state index in [0.717, 1.165) is 33.6 Å². The van der Waals surface area contributed by atoms with Crippen LogP contribution in [0.3, 0.4) is 0 Å². The number of aromatic nitrogens is 3. The number of H-pyrrole nitrogens is 1. The molecule has 5 nitrogen and oxygen atoms in total. The zero-order valence-corrected chi connectivity index (χ0v) is 12.8. The second-order valence-corrected chi connectivity index (χ2v) is 5.92. The first kappa shape index (κ1) is 13.8. The first-order valence-electron chi connectivity index (χ1n) is 6.85. The van der Waals surface area contributed by atoms with E-state index < -0.39 is 0 Å². The summed E-state index contributed by atoms with van der Waals surface area (Å²) in [7, 11) is 0. The number of aromatic amines is 1. The summed E-state index contributed by atoms with van der Waals surface area (Å²) in [6, 6.07) is 8.01. The summed E-state index contributed by atoms with van der Waals surface area (Å²) < 4.78 is 0. The van der Waals surface area contributed by atoms with Gasteiger partial charge < -0.3 is 10.3 Å². The Bertz CT molecular complexity index is 790. The Morgan fingerprint density at radius 3 is 2.90 bits per heavy atom. The molecule has 1 amide bonds. The minimum Gasteiger partial charge on any atom is -0.358 e. The fourth-order valence-electron chi connectivity index (χ4n) is 2.33. The van der Waals surface area contributed by atoms with Crippen LogP contribution in [-0.2, 0) is 17.6 Å². The predicted molar refractivity (Wildman–Crippen MR) is 84.7 cm³/mol. The van der Waals surface area contributed by atoms with Crippen molar-refractivity contribution in [2.75, 3.05) is 5.32 Å². The largest absolute Gasteiger partial charge is 0.358 e. The minimum absolute atomic E-state index is 0.0679. The number of carbonyl (C=O) groups excluding carboxylic acids is 1. The molecule has 0 unspecified atom stereocenters. The Labute approximate surface area is 126 Å². The third-order valence-corrected chi connectivity index (χ3v) is 4.36. The van der Waals surface area contributed by atoms with E-state index in [1.54, 1.807) is 0 Å². The van der Waals surface area contributed by atoms with Crippen molar-refractivity contribution < 1.29 is 4.79 Å². The molecule has 0 saturated carbocycles. The van der Waals surface area contributed by atoms with Crippen molar-refractivity contribution in [3.8, 4) is 0 Å². The van der Waals surface area contributed by atoms with Crippen molar-refractivity contribution in [2.24, 2.45) is 0 Å². The molecule has 0 spiro atoms. The fraction of sp³-hybridized carbons (Fsp3) is 0.267. The number of carbonyl (C=O) groups is 1. The highest BCUT2D eigenvalue weighted by molar-refractivity contribution is 7.15. The Kier molecular flexibility index (Phi) is 3.70. The molecule has 0 aliphatic carbocycles. The van der Waals surface area contributed by atoms with Crippen LogP contribution in [0.25, 0.3) is 10.9 Å². The second kappa shape index (κ2) is 5.65. The van der Waals surface area contributed by atoms with Crippen molar-refractivity contribution in [2.45, 2.75) is 26.7 Å². The first-order chi connectivity index (χ1) is 10.2. The highest BCUT2D eigenvalue weighted by atomic mass is 32.1. The van der Waals surface area contributed by atoms with Crippen LogP contribution in [0, 0.1) is 6.92 Å². The van der Waals surface area contributed by atoms with Gasteiger partial charge in [-0.3, -0.25) is 4.79 Å². The zero-order valence-electron chi connectivity index (χ0n) is 11.9. The average Bonchev–Trinajstić information content (AvgIpc) is 3.04. The molecule has 6 heteroatoms. The molecule has 1 aromatic carbocycles. The summed E-state index contributed by atoms with van der Waals surface area (Å²) in [5.41, 5.74) is 3.11. The second-order valence-electron chi connectivity index (χ2n) is 4.85. The van der Waals surface area contributed by atoms with Gasteiger partial charge in [-0.25, -0.2) is 0 Å². The van der Waals surface area contributed by atoms with Gasteiger partial charge in [0.1, 0.15) is 5.01 Å². The van der Waals surface area contributed by atoms with Gasteiger partial charge in [-0.2, -0.15) is 0 Å². The van der Waals surface area contributed by atoms with Crippen molar-refractivity contribution >= 4 is 33.3 Å². The molecule has 3 aromatic rings. The van der Waals surface area contributed by atoms with E-state index in [0.29, 0.717) is 11.6 Å². The van der Waals surface area contributed by atoms with Crippen LogP contribution in [0.5, 0.6) is 0 Å². The molecule has 0 aliphatic rings. The summed E-state index contributed by atoms with van der Waals surface area (Å²) in [6.07, 6.45) is 1.16. The fourth-order valence-corrected chi connectivity index (χ4v) is 3.03. The maximum atomic E-state index is 12.2. The Morgan fingerprint density at radius 2 is 2.14 bits per heavy atom. The van der Waals surface area contributed by atoms with Crippen LogP contribution in [0.15, 0.2) is 24.3 Å². The maximum Gasteiger partial charge on any atom is 0.230 e. The Balaban J connectivity index is 1.78. The average molecular weight is 300 g/mol. The van der Waals surface area contributed by atoms with Crippen LogP contribution in [0.4, 0.5) is 5.13 Å². The summed E-state index contributed by atoms with van der Waals surface area (Å²) in [4.78, 5) is 15.5. The van der Waals surface area contributed by atoms with E-state index in [9.17, 15) is 4.79 Å². The summed E-state index contributed by atoms with van der Waals surface area (Å²) in [6.45, 7) is 4.00. The quantitative estimate of drug-likeness (QED) is 0.778. The Hall–Kier alpha value is -2.21. The molecule has 2 N–H and O–H groups in total. The van der Waals surface area contributed by atoms with Gasteiger partial charge in [0.05, 0.1) is 6.42 Å². The standard InChI is InChI=1S/C15H16N4OS/c1-3-14-18-19-15(21-14)17-13(20)8-11-9(2)16-12-7-5-4-6-10(11)12/h4-7,16H,3,8H2,1-2H3,(H,17,19,20). The molecule has 108 valence electrons. The number of anilines is 1. The number of nitrogens with zero attached hydrogens (tertiary/aromatic N) is 2. The first-order valence-corrected chi connectivity index (χ1v) is 7.67. The van der Waals surface area contributed by atoms with E-state index in [1.807, 2.05) is 38.1 Å². The van der Waals surface area contributed by atoms with Gasteiger partial charge in [-0.1, -0.05) is 36.5 Å². The molecule has 0 bridgehead atoms. The molecule has 0 radical (unpaired) electrons. The number of para-hydroxylation sites is 1. The highest BCUT2D eigenvalue weighted by Gasteiger charge is 2.13. The van der Waals surface area contributed by atoms with Gasteiger partial charge >= 0.3 is 0 Å². The number of hydrogen-bond donors (Lipinski definition) is 2. The van der Waals surface area contributed by atoms with Gasteiger partial charge in [0.15, 0.2) is 0 Å². The number of fused-ring (bicyclic) bond motifs is 1. The minimum atomic E-state index is -0.0679. The molecule has 21 heavy (non-hydrogen) atoms. The summed E-state index contributed by atoms with van der Waals surface area (Å²) >= 11 is 1.42. The van der Waals surface area contributed by atoms with Gasteiger partial charge in [0.2, 0.25) is 11.0 Å². The van der Waals surface area contributed by atoms with Crippen molar-refractivity contribution in [1.82, 2.24) is 15.2 Å². The molecule has 0 aliphatic heterocycles. The molecule has 0 atom stereocenters. The lowest BCUT2D eigenvalue weighted by Crippen LogP contribution is -2.14. The van der Waals surface area contributed by atoms with Crippen LogP contribution in [0.1, 0.15) is 23.2 Å². The van der Waals surface area contributed by atoms with Gasteiger partial charge in [0, 0.05) is 16.6 Å². The zero-order chi connectivity index (χ0) is 14.8. The van der Waals surface area contributed by atoms with E-state index in [2.05, 4.69) is 20.5 Å². The monoisotopic (exact) mass is 300 g/mol. The molecule has 2 heterocycles. The molecule has 0 fully saturated rings. The molecular weight excluding hydrogens is 284 g/mol. The van der Waals surface area contributed by atoms with E-state index in [1.165, 1.54) is 11.3 Å². The lowest BCUT2D eigenvalue weighted by atomic mass is 10.1. The summed E-state index contributed by atoms with van der Waals surface area (Å²) in [5, 5.41) is 13.4.